The smallest absolute Gasteiger partial charge is 0.308 e. The molecule has 0 aliphatic carbocycles. The van der Waals surface area contributed by atoms with E-state index in [4.69, 9.17) is 10.8 Å². The number of carboxylic acids is 1. The molecule has 106 valence electrons. The fraction of sp³-hybridized carbons (Fsp3) is 0.333. The third-order valence-corrected chi connectivity index (χ3v) is 3.57. The van der Waals surface area contributed by atoms with Crippen LogP contribution in [-0.2, 0) is 9.59 Å². The molecule has 2 rings (SSSR count). The van der Waals surface area contributed by atoms with E-state index >= 15 is 0 Å². The molecule has 0 spiro atoms. The minimum atomic E-state index is -0.840. The number of carbonyl (C=O) groups is 2. The first kappa shape index (κ1) is 14.1. The van der Waals surface area contributed by atoms with Gasteiger partial charge in [0, 0.05) is 24.9 Å². The first-order valence-corrected chi connectivity index (χ1v) is 6.52. The lowest BCUT2D eigenvalue weighted by atomic mass is 9.99. The standard InChI is InChI=1S/C15H18N2O3/c1-10-8-17(9-13(10)15(19)20)14(18)6-5-11-3-2-4-12(16)7-11/h2-7,10,13H,8-9,16H2,1H3,(H,19,20)/b6-5+/t10-,13-/m1/s1. The Bertz CT molecular complexity index is 554. The topological polar surface area (TPSA) is 83.6 Å². The molecule has 1 aliphatic rings. The third kappa shape index (κ3) is 3.17. The highest BCUT2D eigenvalue weighted by Gasteiger charge is 2.36. The number of carboxylic acid groups (broad SMARTS) is 1. The first-order chi connectivity index (χ1) is 9.47. The quantitative estimate of drug-likeness (QED) is 0.645. The van der Waals surface area contributed by atoms with Crippen LogP contribution in [-0.4, -0.2) is 35.0 Å². The summed E-state index contributed by atoms with van der Waals surface area (Å²) < 4.78 is 0. The fourth-order valence-electron chi connectivity index (χ4n) is 2.40. The predicted molar refractivity (Wildman–Crippen MR) is 76.8 cm³/mol. The first-order valence-electron chi connectivity index (χ1n) is 6.52. The molecular formula is C15H18N2O3. The van der Waals surface area contributed by atoms with Gasteiger partial charge in [0.15, 0.2) is 0 Å². The van der Waals surface area contributed by atoms with Crippen LogP contribution in [0.3, 0.4) is 0 Å². The van der Waals surface area contributed by atoms with Gasteiger partial charge in [-0.3, -0.25) is 9.59 Å². The van der Waals surface area contributed by atoms with Crippen LogP contribution in [0.1, 0.15) is 12.5 Å². The number of aliphatic carboxylic acids is 1. The van der Waals surface area contributed by atoms with Gasteiger partial charge in [0.25, 0.3) is 0 Å². The van der Waals surface area contributed by atoms with Gasteiger partial charge in [-0.2, -0.15) is 0 Å². The van der Waals surface area contributed by atoms with Crippen LogP contribution < -0.4 is 5.73 Å². The van der Waals surface area contributed by atoms with Crippen LogP contribution in [0.5, 0.6) is 0 Å². The van der Waals surface area contributed by atoms with Gasteiger partial charge in [-0.15, -0.1) is 0 Å². The van der Waals surface area contributed by atoms with Crippen LogP contribution >= 0.6 is 0 Å². The van der Waals surface area contributed by atoms with E-state index < -0.39 is 11.9 Å². The Morgan fingerprint density at radius 1 is 1.40 bits per heavy atom. The van der Waals surface area contributed by atoms with Crippen molar-refractivity contribution >= 4 is 23.6 Å². The van der Waals surface area contributed by atoms with Crippen LogP contribution in [0, 0.1) is 11.8 Å². The molecule has 1 fully saturated rings. The van der Waals surface area contributed by atoms with Crippen LogP contribution in [0.2, 0.25) is 0 Å². The second-order valence-corrected chi connectivity index (χ2v) is 5.17. The Hall–Kier alpha value is -2.30. The minimum Gasteiger partial charge on any atom is -0.481 e. The summed E-state index contributed by atoms with van der Waals surface area (Å²) in [4.78, 5) is 24.6. The van der Waals surface area contributed by atoms with E-state index in [-0.39, 0.29) is 18.4 Å². The summed E-state index contributed by atoms with van der Waals surface area (Å²) in [6.45, 7) is 2.61. The maximum absolute atomic E-state index is 12.0. The number of anilines is 1. The van der Waals surface area contributed by atoms with Crippen molar-refractivity contribution in [2.45, 2.75) is 6.92 Å². The molecule has 1 amide bonds. The maximum Gasteiger partial charge on any atom is 0.308 e. The predicted octanol–water partition coefficient (Wildman–Crippen LogP) is 1.46. The molecular weight excluding hydrogens is 256 g/mol. The molecule has 0 radical (unpaired) electrons. The minimum absolute atomic E-state index is 0.0165. The summed E-state index contributed by atoms with van der Waals surface area (Å²) in [5, 5.41) is 9.05. The summed E-state index contributed by atoms with van der Waals surface area (Å²) in [5.74, 6) is -1.49. The van der Waals surface area contributed by atoms with Crippen molar-refractivity contribution in [1.82, 2.24) is 4.90 Å². The van der Waals surface area contributed by atoms with Gasteiger partial charge in [0.2, 0.25) is 5.91 Å². The molecule has 1 aromatic rings. The zero-order chi connectivity index (χ0) is 14.7. The third-order valence-electron chi connectivity index (χ3n) is 3.57. The highest BCUT2D eigenvalue weighted by atomic mass is 16.4. The molecule has 20 heavy (non-hydrogen) atoms. The lowest BCUT2D eigenvalue weighted by molar-refractivity contribution is -0.142. The molecule has 0 aromatic heterocycles. The van der Waals surface area contributed by atoms with Gasteiger partial charge in [-0.25, -0.2) is 0 Å². The zero-order valence-corrected chi connectivity index (χ0v) is 11.3. The van der Waals surface area contributed by atoms with E-state index in [0.717, 1.165) is 5.56 Å². The lowest BCUT2D eigenvalue weighted by Crippen LogP contribution is -2.28. The van der Waals surface area contributed by atoms with Crippen molar-refractivity contribution in [3.8, 4) is 0 Å². The molecule has 0 unspecified atom stereocenters. The van der Waals surface area contributed by atoms with Crippen molar-refractivity contribution in [3.63, 3.8) is 0 Å². The summed E-state index contributed by atoms with van der Waals surface area (Å²) in [6, 6.07) is 7.22. The van der Waals surface area contributed by atoms with Crippen molar-refractivity contribution < 1.29 is 14.7 Å². The van der Waals surface area contributed by atoms with Gasteiger partial charge in [-0.1, -0.05) is 19.1 Å². The number of nitrogens with zero attached hydrogens (tertiary/aromatic N) is 1. The second kappa shape index (κ2) is 5.77. The summed E-state index contributed by atoms with van der Waals surface area (Å²) >= 11 is 0. The number of hydrogen-bond acceptors (Lipinski definition) is 3. The molecule has 0 saturated carbocycles. The number of amides is 1. The van der Waals surface area contributed by atoms with Crippen LogP contribution in [0.15, 0.2) is 30.3 Å². The molecule has 1 heterocycles. The van der Waals surface area contributed by atoms with Gasteiger partial charge >= 0.3 is 5.97 Å². The molecule has 1 aromatic carbocycles. The van der Waals surface area contributed by atoms with Crippen molar-refractivity contribution in [1.29, 1.82) is 0 Å². The average Bonchev–Trinajstić information content (AvgIpc) is 2.78. The van der Waals surface area contributed by atoms with E-state index in [1.54, 1.807) is 23.1 Å². The van der Waals surface area contributed by atoms with Gasteiger partial charge < -0.3 is 15.7 Å². The number of rotatable bonds is 3. The lowest BCUT2D eigenvalue weighted by Gasteiger charge is -2.12. The van der Waals surface area contributed by atoms with Crippen molar-refractivity contribution in [2.24, 2.45) is 11.8 Å². The highest BCUT2D eigenvalue weighted by Crippen LogP contribution is 2.23. The number of hydrogen-bond donors (Lipinski definition) is 2. The van der Waals surface area contributed by atoms with E-state index in [9.17, 15) is 9.59 Å². The SMILES string of the molecule is C[C@@H]1CN(C(=O)/C=C/c2cccc(N)c2)C[C@H]1C(=O)O. The average molecular weight is 274 g/mol. The van der Waals surface area contributed by atoms with E-state index in [1.807, 2.05) is 19.1 Å². The van der Waals surface area contributed by atoms with Crippen molar-refractivity contribution in [2.75, 3.05) is 18.8 Å². The number of nitrogen functional groups attached to an aromatic ring is 1. The van der Waals surface area contributed by atoms with Crippen LogP contribution in [0.25, 0.3) is 6.08 Å². The molecule has 0 bridgehead atoms. The summed E-state index contributed by atoms with van der Waals surface area (Å²) in [6.07, 6.45) is 3.16. The Morgan fingerprint density at radius 2 is 2.15 bits per heavy atom. The zero-order valence-electron chi connectivity index (χ0n) is 11.3. The Labute approximate surface area is 117 Å². The largest absolute Gasteiger partial charge is 0.481 e. The van der Waals surface area contributed by atoms with Gasteiger partial charge in [0.05, 0.1) is 5.92 Å². The van der Waals surface area contributed by atoms with Crippen LogP contribution in [0.4, 0.5) is 5.69 Å². The maximum atomic E-state index is 12.0. The molecule has 5 nitrogen and oxygen atoms in total. The molecule has 1 saturated heterocycles. The fourth-order valence-corrected chi connectivity index (χ4v) is 2.40. The van der Waals surface area contributed by atoms with Gasteiger partial charge in [-0.05, 0) is 29.7 Å². The molecule has 3 N–H and O–H groups in total. The molecule has 5 heteroatoms. The number of carbonyl (C=O) groups excluding carboxylic acids is 1. The van der Waals surface area contributed by atoms with E-state index in [1.165, 1.54) is 6.08 Å². The number of benzene rings is 1. The van der Waals surface area contributed by atoms with Gasteiger partial charge in [0.1, 0.15) is 0 Å². The second-order valence-electron chi connectivity index (χ2n) is 5.17. The van der Waals surface area contributed by atoms with E-state index in [2.05, 4.69) is 0 Å². The number of likely N-dealkylation sites (tertiary alicyclic amines) is 1. The monoisotopic (exact) mass is 274 g/mol. The summed E-state index contributed by atoms with van der Waals surface area (Å²) in [5.41, 5.74) is 7.15. The summed E-state index contributed by atoms with van der Waals surface area (Å²) in [7, 11) is 0. The Morgan fingerprint density at radius 3 is 2.75 bits per heavy atom. The highest BCUT2D eigenvalue weighted by molar-refractivity contribution is 5.92. The normalized spacial score (nSPS) is 22.4. The Balaban J connectivity index is 2.01. The Kier molecular flexibility index (Phi) is 4.08. The van der Waals surface area contributed by atoms with E-state index in [0.29, 0.717) is 12.2 Å². The number of nitrogens with two attached hydrogens (primary N) is 1. The molecule has 1 aliphatic heterocycles. The van der Waals surface area contributed by atoms with Crippen molar-refractivity contribution in [3.05, 3.63) is 35.9 Å². The molecule has 2 atom stereocenters.